The Bertz CT molecular complexity index is 1190. The van der Waals surface area contributed by atoms with E-state index in [0.29, 0.717) is 18.5 Å². The maximum Gasteiger partial charge on any atom is 0.416 e. The van der Waals surface area contributed by atoms with E-state index in [1.165, 1.54) is 6.92 Å². The molecule has 0 aromatic heterocycles. The van der Waals surface area contributed by atoms with E-state index >= 15 is 0 Å². The quantitative estimate of drug-likeness (QED) is 0.384. The predicted molar refractivity (Wildman–Crippen MR) is 116 cm³/mol. The van der Waals surface area contributed by atoms with E-state index < -0.39 is 17.7 Å². The van der Waals surface area contributed by atoms with Crippen molar-refractivity contribution >= 4 is 5.97 Å². The summed E-state index contributed by atoms with van der Waals surface area (Å²) in [7, 11) is 0. The molecule has 1 fully saturated rings. The number of hydrogen-bond acceptors (Lipinski definition) is 4. The molecule has 1 N–H and O–H groups in total. The molecular weight excluding hydrogens is 431 g/mol. The number of carbonyl (C=O) groups excluding carboxylic acids is 1. The third-order valence-corrected chi connectivity index (χ3v) is 6.35. The topological polar surface area (TPSA) is 47.6 Å². The fourth-order valence-corrected chi connectivity index (χ4v) is 4.94. The molecule has 1 saturated heterocycles. The molecule has 0 bridgehead atoms. The first kappa shape index (κ1) is 21.5. The van der Waals surface area contributed by atoms with E-state index in [4.69, 9.17) is 9.47 Å². The maximum absolute atomic E-state index is 14.2. The van der Waals surface area contributed by atoms with E-state index in [1.807, 2.05) is 30.3 Å². The zero-order valence-electron chi connectivity index (χ0n) is 17.9. The molecule has 2 aliphatic rings. The van der Waals surface area contributed by atoms with E-state index in [9.17, 15) is 18.0 Å². The molecule has 3 aromatic carbocycles. The second kappa shape index (κ2) is 8.23. The summed E-state index contributed by atoms with van der Waals surface area (Å²) < 4.78 is 54.2. The third kappa shape index (κ3) is 3.76. The molecule has 1 heterocycles. The van der Waals surface area contributed by atoms with Crippen LogP contribution in [0.2, 0.25) is 0 Å². The monoisotopic (exact) mass is 453 g/mol. The molecule has 7 heteroatoms. The van der Waals surface area contributed by atoms with Gasteiger partial charge >= 0.3 is 12.1 Å². The average Bonchev–Trinajstić information content (AvgIpc) is 3.19. The number of alkyl halides is 3. The van der Waals surface area contributed by atoms with Gasteiger partial charge in [-0.25, -0.2) is 4.79 Å². The molecule has 170 valence electrons. The molecular formula is C26H22F3NO3. The minimum Gasteiger partial charge on any atom is -0.488 e. The first-order valence-corrected chi connectivity index (χ1v) is 10.8. The Hall–Kier alpha value is -3.32. The van der Waals surface area contributed by atoms with Gasteiger partial charge in [-0.15, -0.1) is 0 Å². The third-order valence-electron chi connectivity index (χ3n) is 6.35. The van der Waals surface area contributed by atoms with Crippen LogP contribution >= 0.6 is 0 Å². The number of rotatable bonds is 5. The molecule has 0 saturated carbocycles. The van der Waals surface area contributed by atoms with Crippen molar-refractivity contribution in [3.8, 4) is 11.5 Å². The Balaban J connectivity index is 1.65. The molecule has 5 rings (SSSR count). The van der Waals surface area contributed by atoms with E-state index in [1.54, 1.807) is 30.3 Å². The molecule has 33 heavy (non-hydrogen) atoms. The number of nitrogens with one attached hydrogen (secondary N) is 1. The number of esters is 1. The van der Waals surface area contributed by atoms with E-state index in [2.05, 4.69) is 5.32 Å². The second-order valence-corrected chi connectivity index (χ2v) is 8.33. The standard InChI is InChI=1S/C26H22F3NO3/c1-15-19(25(31)33-17-10-6-3-7-11-17)24(32-14-16-8-4-2-5-9-16)21-20(22(15)26(27,28)29)18-12-13-30-23(18)21/h2-11,18,23,30H,12-14H2,1H3/t18-,23-/m1/s1. The summed E-state index contributed by atoms with van der Waals surface area (Å²) in [5.74, 6) is -0.676. The number of para-hydroxylation sites is 1. The van der Waals surface area contributed by atoms with Crippen molar-refractivity contribution < 1.29 is 27.4 Å². The fraction of sp³-hybridized carbons (Fsp3) is 0.269. The van der Waals surface area contributed by atoms with Crippen LogP contribution in [0.3, 0.4) is 0 Å². The van der Waals surface area contributed by atoms with E-state index in [0.717, 1.165) is 5.56 Å². The van der Waals surface area contributed by atoms with Gasteiger partial charge in [0.25, 0.3) is 0 Å². The number of carbonyl (C=O) groups is 1. The van der Waals surface area contributed by atoms with Crippen LogP contribution in [0.1, 0.15) is 56.6 Å². The number of hydrogen-bond donors (Lipinski definition) is 1. The van der Waals surface area contributed by atoms with Crippen LogP contribution in [0.25, 0.3) is 0 Å². The average molecular weight is 453 g/mol. The van der Waals surface area contributed by atoms with Crippen LogP contribution in [0.5, 0.6) is 11.5 Å². The molecule has 0 radical (unpaired) electrons. The highest BCUT2D eigenvalue weighted by atomic mass is 19.4. The summed E-state index contributed by atoms with van der Waals surface area (Å²) in [6.45, 7) is 2.07. The highest BCUT2D eigenvalue weighted by Crippen LogP contribution is 2.59. The van der Waals surface area contributed by atoms with Crippen LogP contribution in [0, 0.1) is 6.92 Å². The minimum atomic E-state index is -4.60. The summed E-state index contributed by atoms with van der Waals surface area (Å²) in [6, 6.07) is 17.3. The number of fused-ring (bicyclic) bond motifs is 4. The lowest BCUT2D eigenvalue weighted by Crippen LogP contribution is -2.34. The van der Waals surface area contributed by atoms with Gasteiger partial charge < -0.3 is 14.8 Å². The predicted octanol–water partition coefficient (Wildman–Crippen LogP) is 5.94. The normalized spacial score (nSPS) is 18.8. The highest BCUT2D eigenvalue weighted by Gasteiger charge is 2.52. The van der Waals surface area contributed by atoms with Crippen molar-refractivity contribution in [2.75, 3.05) is 6.54 Å². The van der Waals surface area contributed by atoms with Crippen LogP contribution in [-0.2, 0) is 12.8 Å². The molecule has 1 aliphatic heterocycles. The van der Waals surface area contributed by atoms with Crippen LogP contribution in [0.4, 0.5) is 13.2 Å². The van der Waals surface area contributed by atoms with Crippen LogP contribution < -0.4 is 14.8 Å². The van der Waals surface area contributed by atoms with Crippen LogP contribution in [-0.4, -0.2) is 12.5 Å². The first-order valence-electron chi connectivity index (χ1n) is 10.8. The molecule has 2 atom stereocenters. The fourth-order valence-electron chi connectivity index (χ4n) is 4.94. The number of benzene rings is 3. The first-order chi connectivity index (χ1) is 15.9. The Labute approximate surface area is 189 Å². The molecule has 0 unspecified atom stereocenters. The van der Waals surface area contributed by atoms with Crippen LogP contribution in [0.15, 0.2) is 60.7 Å². The lowest BCUT2D eigenvalue weighted by molar-refractivity contribution is -0.139. The zero-order chi connectivity index (χ0) is 23.2. The minimum absolute atomic E-state index is 0.126. The van der Waals surface area contributed by atoms with Gasteiger partial charge in [-0.2, -0.15) is 13.2 Å². The molecule has 0 spiro atoms. The summed E-state index contributed by atoms with van der Waals surface area (Å²) >= 11 is 0. The van der Waals surface area contributed by atoms with Crippen molar-refractivity contribution in [1.82, 2.24) is 5.32 Å². The Morgan fingerprint density at radius 1 is 1.03 bits per heavy atom. The van der Waals surface area contributed by atoms with Crippen molar-refractivity contribution in [3.05, 3.63) is 94.0 Å². The summed E-state index contributed by atoms with van der Waals surface area (Å²) in [5, 5.41) is 3.27. The number of ether oxygens (including phenoxy) is 2. The van der Waals surface area contributed by atoms with Crippen molar-refractivity contribution in [3.63, 3.8) is 0 Å². The molecule has 3 aromatic rings. The summed E-state index contributed by atoms with van der Waals surface area (Å²) in [5.41, 5.74) is 0.445. The lowest BCUT2D eigenvalue weighted by atomic mass is 9.68. The van der Waals surface area contributed by atoms with Crippen molar-refractivity contribution in [2.45, 2.75) is 38.1 Å². The smallest absolute Gasteiger partial charge is 0.416 e. The van der Waals surface area contributed by atoms with Gasteiger partial charge in [-0.1, -0.05) is 48.5 Å². The molecule has 1 aliphatic carbocycles. The van der Waals surface area contributed by atoms with Gasteiger partial charge in [-0.05, 0) is 48.7 Å². The van der Waals surface area contributed by atoms with Crippen molar-refractivity contribution in [1.29, 1.82) is 0 Å². The Morgan fingerprint density at radius 2 is 1.70 bits per heavy atom. The van der Waals surface area contributed by atoms with Gasteiger partial charge in [0.1, 0.15) is 23.7 Å². The Morgan fingerprint density at radius 3 is 2.36 bits per heavy atom. The SMILES string of the molecule is Cc1c(C(=O)Oc2ccccc2)c(OCc2ccccc2)c2c(c1C(F)(F)F)[C@H]1CCN[C@@H]21. The van der Waals surface area contributed by atoms with Gasteiger partial charge in [-0.3, -0.25) is 0 Å². The van der Waals surface area contributed by atoms with Gasteiger partial charge in [0.15, 0.2) is 0 Å². The Kier molecular flexibility index (Phi) is 5.37. The van der Waals surface area contributed by atoms with Gasteiger partial charge in [0.2, 0.25) is 0 Å². The van der Waals surface area contributed by atoms with Crippen molar-refractivity contribution in [2.24, 2.45) is 0 Å². The maximum atomic E-state index is 14.2. The molecule has 4 nitrogen and oxygen atoms in total. The zero-order valence-corrected chi connectivity index (χ0v) is 17.9. The van der Waals surface area contributed by atoms with E-state index in [-0.39, 0.29) is 46.8 Å². The summed E-state index contributed by atoms with van der Waals surface area (Å²) in [6.07, 6.45) is -3.98. The summed E-state index contributed by atoms with van der Waals surface area (Å²) in [4.78, 5) is 13.2. The molecule has 0 amide bonds. The highest BCUT2D eigenvalue weighted by molar-refractivity contribution is 5.97. The largest absolute Gasteiger partial charge is 0.488 e. The van der Waals surface area contributed by atoms with Gasteiger partial charge in [0.05, 0.1) is 5.56 Å². The number of halogens is 3. The lowest BCUT2D eigenvalue weighted by Gasteiger charge is -2.40. The van der Waals surface area contributed by atoms with Gasteiger partial charge in [0, 0.05) is 17.5 Å². The second-order valence-electron chi connectivity index (χ2n) is 8.33.